The molecule has 5 heteroatoms. The minimum Gasteiger partial charge on any atom is -0.349 e. The van der Waals surface area contributed by atoms with Crippen molar-refractivity contribution in [3.8, 4) is 11.6 Å². The third kappa shape index (κ3) is 2.30. The molecule has 3 aromatic rings. The molecule has 0 saturated carbocycles. The highest BCUT2D eigenvalue weighted by molar-refractivity contribution is 5.57. The van der Waals surface area contributed by atoms with E-state index in [2.05, 4.69) is 51.0 Å². The van der Waals surface area contributed by atoms with Gasteiger partial charge in [-0.05, 0) is 37.0 Å². The van der Waals surface area contributed by atoms with Gasteiger partial charge in [-0.2, -0.15) is 0 Å². The van der Waals surface area contributed by atoms with Gasteiger partial charge in [0.15, 0.2) is 11.6 Å². The van der Waals surface area contributed by atoms with E-state index in [1.165, 1.54) is 24.0 Å². The number of hydrogen-bond donors (Lipinski definition) is 0. The molecule has 1 saturated heterocycles. The van der Waals surface area contributed by atoms with Crippen LogP contribution < -0.4 is 4.90 Å². The van der Waals surface area contributed by atoms with E-state index in [1.54, 1.807) is 18.5 Å². The van der Waals surface area contributed by atoms with Gasteiger partial charge in [0.25, 0.3) is 0 Å². The number of hydrogen-bond acceptors (Lipinski definition) is 5. The smallest absolute Gasteiger partial charge is 0.199 e. The fourth-order valence-corrected chi connectivity index (χ4v) is 4.21. The van der Waals surface area contributed by atoms with Gasteiger partial charge in [-0.15, -0.1) is 0 Å². The van der Waals surface area contributed by atoms with Gasteiger partial charge in [0.05, 0.1) is 6.04 Å². The summed E-state index contributed by atoms with van der Waals surface area (Å²) in [4.78, 5) is 20.3. The highest BCUT2D eigenvalue weighted by Crippen LogP contribution is 2.48. The minimum absolute atomic E-state index is 0.402. The fraction of sp³-hybridized carbons (Fsp3) is 0.300. The van der Waals surface area contributed by atoms with Gasteiger partial charge in [-0.1, -0.05) is 24.3 Å². The maximum Gasteiger partial charge on any atom is 0.199 e. The molecule has 6 rings (SSSR count). The normalized spacial score (nSPS) is 21.2. The first kappa shape index (κ1) is 14.5. The van der Waals surface area contributed by atoms with Crippen molar-refractivity contribution in [2.24, 2.45) is 0 Å². The van der Waals surface area contributed by atoms with Crippen molar-refractivity contribution in [1.82, 2.24) is 19.9 Å². The van der Waals surface area contributed by atoms with E-state index in [9.17, 15) is 0 Å². The first-order valence-electron chi connectivity index (χ1n) is 8.78. The summed E-state index contributed by atoms with van der Waals surface area (Å²) in [5.41, 5.74) is 4.08. The zero-order valence-electron chi connectivity index (χ0n) is 14.1. The molecule has 2 atom stereocenters. The van der Waals surface area contributed by atoms with Crippen LogP contribution in [-0.4, -0.2) is 26.5 Å². The van der Waals surface area contributed by atoms with Crippen LogP contribution in [0.25, 0.3) is 11.6 Å². The van der Waals surface area contributed by atoms with Crippen molar-refractivity contribution in [2.75, 3.05) is 11.4 Å². The molecule has 4 heterocycles. The summed E-state index contributed by atoms with van der Waals surface area (Å²) in [7, 11) is 0. The van der Waals surface area contributed by atoms with Crippen LogP contribution in [0.1, 0.15) is 41.5 Å². The summed E-state index contributed by atoms with van der Waals surface area (Å²) in [6.07, 6.45) is 7.79. The first-order chi connectivity index (χ1) is 12.3. The van der Waals surface area contributed by atoms with Gasteiger partial charge in [-0.3, -0.25) is 0 Å². The maximum absolute atomic E-state index is 4.85. The van der Waals surface area contributed by atoms with Gasteiger partial charge >= 0.3 is 0 Å². The van der Waals surface area contributed by atoms with Crippen molar-refractivity contribution in [2.45, 2.75) is 31.7 Å². The summed E-state index contributed by atoms with van der Waals surface area (Å²) in [6.45, 7) is 3.10. The Kier molecular flexibility index (Phi) is 3.26. The predicted molar refractivity (Wildman–Crippen MR) is 96.3 cm³/mol. The van der Waals surface area contributed by atoms with Crippen LogP contribution in [0, 0.1) is 6.92 Å². The van der Waals surface area contributed by atoms with Crippen molar-refractivity contribution >= 4 is 5.82 Å². The third-order valence-corrected chi connectivity index (χ3v) is 5.36. The van der Waals surface area contributed by atoms with E-state index in [0.717, 1.165) is 17.9 Å². The van der Waals surface area contributed by atoms with Gasteiger partial charge < -0.3 is 4.90 Å². The van der Waals surface area contributed by atoms with Crippen molar-refractivity contribution in [1.29, 1.82) is 0 Å². The third-order valence-electron chi connectivity index (χ3n) is 5.36. The average molecular weight is 329 g/mol. The molecule has 2 unspecified atom stereocenters. The number of piperidine rings is 1. The van der Waals surface area contributed by atoms with E-state index in [1.807, 2.05) is 6.20 Å². The Balaban J connectivity index is 1.59. The number of aryl methyl sites for hydroxylation is 1. The zero-order valence-corrected chi connectivity index (χ0v) is 14.1. The maximum atomic E-state index is 4.85. The van der Waals surface area contributed by atoms with Crippen LogP contribution in [0.2, 0.25) is 0 Å². The Labute approximate surface area is 146 Å². The highest BCUT2D eigenvalue weighted by Gasteiger charge is 2.39. The minimum atomic E-state index is 0.402. The van der Waals surface area contributed by atoms with Crippen LogP contribution in [0.15, 0.2) is 48.9 Å². The van der Waals surface area contributed by atoms with Crippen molar-refractivity contribution in [3.63, 3.8) is 0 Å². The lowest BCUT2D eigenvalue weighted by molar-refractivity contribution is 0.386. The lowest BCUT2D eigenvalue weighted by Gasteiger charge is -2.47. The monoisotopic (exact) mass is 329 g/mol. The number of anilines is 1. The molecule has 0 amide bonds. The Morgan fingerprint density at radius 2 is 1.72 bits per heavy atom. The molecule has 25 heavy (non-hydrogen) atoms. The second-order valence-electron chi connectivity index (χ2n) is 6.84. The van der Waals surface area contributed by atoms with E-state index in [0.29, 0.717) is 23.6 Å². The Hall–Kier alpha value is -2.82. The summed E-state index contributed by atoms with van der Waals surface area (Å²) >= 11 is 0. The lowest BCUT2D eigenvalue weighted by Crippen LogP contribution is -2.43. The molecular weight excluding hydrogens is 310 g/mol. The zero-order chi connectivity index (χ0) is 16.8. The Bertz CT molecular complexity index is 924. The summed E-state index contributed by atoms with van der Waals surface area (Å²) in [5, 5.41) is 0. The second-order valence-corrected chi connectivity index (χ2v) is 6.84. The lowest BCUT2D eigenvalue weighted by atomic mass is 9.75. The quantitative estimate of drug-likeness (QED) is 0.718. The highest BCUT2D eigenvalue weighted by atomic mass is 15.2. The van der Waals surface area contributed by atoms with E-state index < -0.39 is 0 Å². The van der Waals surface area contributed by atoms with Crippen LogP contribution >= 0.6 is 0 Å². The summed E-state index contributed by atoms with van der Waals surface area (Å²) < 4.78 is 0. The van der Waals surface area contributed by atoms with Gasteiger partial charge in [0.2, 0.25) is 0 Å². The molecule has 0 radical (unpaired) electrons. The van der Waals surface area contributed by atoms with E-state index in [-0.39, 0.29) is 0 Å². The van der Waals surface area contributed by atoms with Crippen LogP contribution in [0.4, 0.5) is 5.82 Å². The largest absolute Gasteiger partial charge is 0.349 e. The fourth-order valence-electron chi connectivity index (χ4n) is 4.21. The molecule has 2 aliphatic heterocycles. The number of benzene rings is 1. The molecule has 1 aromatic carbocycles. The molecular formula is C20H19N5. The van der Waals surface area contributed by atoms with Crippen LogP contribution in [0.3, 0.4) is 0 Å². The molecule has 124 valence electrons. The Morgan fingerprint density at radius 3 is 2.56 bits per heavy atom. The molecule has 3 aliphatic rings. The predicted octanol–water partition coefficient (Wildman–Crippen LogP) is 3.68. The van der Waals surface area contributed by atoms with Gasteiger partial charge in [-0.25, -0.2) is 19.9 Å². The molecule has 1 fully saturated rings. The number of fused-ring (bicyclic) bond motifs is 2. The topological polar surface area (TPSA) is 54.8 Å². The summed E-state index contributed by atoms with van der Waals surface area (Å²) in [6, 6.07) is 11.1. The van der Waals surface area contributed by atoms with E-state index in [4.69, 9.17) is 4.98 Å². The molecule has 1 aliphatic carbocycles. The standard InChI is InChI=1S/C20H19N5/c1-13-11-23-19(18-21-9-4-10-22-18)24-20(13)25-12-14-7-8-17(25)16-6-3-2-5-15(14)16/h2-6,9-11,14,17H,7-8,12H2,1H3. The first-order valence-corrected chi connectivity index (χ1v) is 8.78. The second kappa shape index (κ2) is 5.62. The summed E-state index contributed by atoms with van der Waals surface area (Å²) in [5.74, 6) is 2.77. The van der Waals surface area contributed by atoms with Gasteiger partial charge in [0, 0.05) is 36.6 Å². The molecule has 2 aromatic heterocycles. The van der Waals surface area contributed by atoms with Crippen molar-refractivity contribution < 1.29 is 0 Å². The molecule has 5 nitrogen and oxygen atoms in total. The van der Waals surface area contributed by atoms with Crippen molar-refractivity contribution in [3.05, 3.63) is 65.6 Å². The van der Waals surface area contributed by atoms with Gasteiger partial charge in [0.1, 0.15) is 5.82 Å². The number of aromatic nitrogens is 4. The van der Waals surface area contributed by atoms with Crippen LogP contribution in [0.5, 0.6) is 0 Å². The average Bonchev–Trinajstić information content (AvgIpc) is 2.69. The molecule has 0 spiro atoms. The number of rotatable bonds is 2. The van der Waals surface area contributed by atoms with E-state index >= 15 is 0 Å². The SMILES string of the molecule is Cc1cnc(-c2ncccn2)nc1N1CC2CCC1c1ccccc12. The molecule has 0 N–H and O–H groups in total. The molecule has 2 bridgehead atoms. The number of nitrogens with zero attached hydrogens (tertiary/aromatic N) is 5. The Morgan fingerprint density at radius 1 is 0.920 bits per heavy atom. The van der Waals surface area contributed by atoms with Crippen LogP contribution in [-0.2, 0) is 0 Å².